The first-order valence-corrected chi connectivity index (χ1v) is 11.0. The predicted octanol–water partition coefficient (Wildman–Crippen LogP) is 3.07. The smallest absolute Gasteiger partial charge is 0.175 e. The molecule has 0 bridgehead atoms. The van der Waals surface area contributed by atoms with Crippen LogP contribution in [0.3, 0.4) is 0 Å². The molecule has 1 aliphatic rings. The molecule has 27 heavy (non-hydrogen) atoms. The lowest BCUT2D eigenvalue weighted by atomic mass is 9.94. The fourth-order valence-electron chi connectivity index (χ4n) is 3.90. The van der Waals surface area contributed by atoms with E-state index < -0.39 is 9.84 Å². The third kappa shape index (κ3) is 4.39. The van der Waals surface area contributed by atoms with Gasteiger partial charge in [-0.25, -0.2) is 12.8 Å². The van der Waals surface area contributed by atoms with Crippen LogP contribution in [0.5, 0.6) is 0 Å². The molecule has 6 heteroatoms. The molecule has 0 spiro atoms. The van der Waals surface area contributed by atoms with Gasteiger partial charge in [-0.05, 0) is 50.3 Å². The maximum absolute atomic E-state index is 14.2. The summed E-state index contributed by atoms with van der Waals surface area (Å²) in [6.07, 6.45) is 1.22. The number of likely N-dealkylation sites (N-methyl/N-ethyl adjacent to an activating group) is 1. The second kappa shape index (κ2) is 7.70. The second-order valence-corrected chi connectivity index (χ2v) is 9.72. The van der Waals surface area contributed by atoms with Crippen molar-refractivity contribution in [1.29, 1.82) is 0 Å². The zero-order chi connectivity index (χ0) is 19.8. The van der Waals surface area contributed by atoms with Crippen molar-refractivity contribution in [3.63, 3.8) is 0 Å². The van der Waals surface area contributed by atoms with Crippen molar-refractivity contribution < 1.29 is 12.8 Å². The molecule has 1 aliphatic heterocycles. The topological polar surface area (TPSA) is 40.6 Å². The quantitative estimate of drug-likeness (QED) is 0.787. The molecule has 0 aromatic heterocycles. The molecule has 1 heterocycles. The Kier molecular flexibility index (Phi) is 5.70. The van der Waals surface area contributed by atoms with Crippen LogP contribution >= 0.6 is 0 Å². The number of likely N-dealkylation sites (tertiary alicyclic amines) is 1. The summed E-state index contributed by atoms with van der Waals surface area (Å²) in [5.74, 6) is 0.0954. The Morgan fingerprint density at radius 2 is 1.78 bits per heavy atom. The number of rotatable bonds is 5. The Bertz CT molecular complexity index is 890. The largest absolute Gasteiger partial charge is 0.305 e. The van der Waals surface area contributed by atoms with Gasteiger partial charge in [-0.15, -0.1) is 0 Å². The molecule has 0 saturated carbocycles. The fourth-order valence-corrected chi connectivity index (χ4v) is 4.53. The molecule has 1 saturated heterocycles. The van der Waals surface area contributed by atoms with Gasteiger partial charge in [-0.2, -0.15) is 0 Å². The van der Waals surface area contributed by atoms with E-state index >= 15 is 0 Å². The summed E-state index contributed by atoms with van der Waals surface area (Å²) >= 11 is 0. The first-order chi connectivity index (χ1) is 12.7. The second-order valence-electron chi connectivity index (χ2n) is 7.71. The van der Waals surface area contributed by atoms with Gasteiger partial charge in [0.25, 0.3) is 0 Å². The van der Waals surface area contributed by atoms with E-state index in [-0.39, 0.29) is 11.7 Å². The lowest BCUT2D eigenvalue weighted by molar-refractivity contribution is 0.258. The molecule has 2 atom stereocenters. The monoisotopic (exact) mass is 390 g/mol. The van der Waals surface area contributed by atoms with Crippen molar-refractivity contribution in [2.24, 2.45) is 0 Å². The van der Waals surface area contributed by atoms with Crippen LogP contribution in [-0.2, 0) is 16.4 Å². The van der Waals surface area contributed by atoms with Crippen LogP contribution in [0, 0.1) is 12.7 Å². The highest BCUT2D eigenvalue weighted by molar-refractivity contribution is 7.90. The Morgan fingerprint density at radius 1 is 1.11 bits per heavy atom. The Balaban J connectivity index is 1.83. The molecule has 2 aromatic rings. The van der Waals surface area contributed by atoms with E-state index in [4.69, 9.17) is 0 Å². The summed E-state index contributed by atoms with van der Waals surface area (Å²) < 4.78 is 37.7. The fraction of sp³-hybridized carbons (Fsp3) is 0.429. The Morgan fingerprint density at radius 3 is 2.33 bits per heavy atom. The van der Waals surface area contributed by atoms with Gasteiger partial charge in [0.05, 0.1) is 4.90 Å². The predicted molar refractivity (Wildman–Crippen MR) is 106 cm³/mol. The molecule has 0 radical (unpaired) electrons. The average Bonchev–Trinajstić information content (AvgIpc) is 3.02. The van der Waals surface area contributed by atoms with E-state index in [0.29, 0.717) is 17.5 Å². The van der Waals surface area contributed by atoms with E-state index in [2.05, 4.69) is 23.9 Å². The van der Waals surface area contributed by atoms with Crippen molar-refractivity contribution in [2.75, 3.05) is 33.4 Å². The molecule has 4 nitrogen and oxygen atoms in total. The third-order valence-electron chi connectivity index (χ3n) is 5.50. The first-order valence-electron chi connectivity index (χ1n) is 9.09. The van der Waals surface area contributed by atoms with Crippen molar-refractivity contribution in [3.05, 3.63) is 65.0 Å². The first kappa shape index (κ1) is 20.0. The van der Waals surface area contributed by atoms with Crippen LogP contribution in [-0.4, -0.2) is 57.7 Å². The normalized spacial score (nSPS) is 21.1. The molecule has 146 valence electrons. The Hall–Kier alpha value is -1.76. The summed E-state index contributed by atoms with van der Waals surface area (Å²) in [7, 11) is 0.915. The number of nitrogens with zero attached hydrogens (tertiary/aromatic N) is 2. The van der Waals surface area contributed by atoms with E-state index in [1.165, 1.54) is 12.3 Å². The van der Waals surface area contributed by atoms with E-state index in [9.17, 15) is 12.8 Å². The number of halogens is 1. The van der Waals surface area contributed by atoms with Crippen molar-refractivity contribution in [1.82, 2.24) is 9.80 Å². The van der Waals surface area contributed by atoms with Gasteiger partial charge in [-0.3, -0.25) is 4.90 Å². The SMILES string of the molecule is Cc1cccc(F)c1CN1C[C@H](c2ccc(S(C)(=O)=O)cc2)[C@@H](N(C)C)C1. The summed E-state index contributed by atoms with van der Waals surface area (Å²) in [5, 5.41) is 0. The van der Waals surface area contributed by atoms with E-state index in [1.54, 1.807) is 18.2 Å². The van der Waals surface area contributed by atoms with Gasteiger partial charge in [0.2, 0.25) is 0 Å². The molecule has 0 unspecified atom stereocenters. The third-order valence-corrected chi connectivity index (χ3v) is 6.63. The summed E-state index contributed by atoms with van der Waals surface area (Å²) in [4.78, 5) is 4.82. The minimum absolute atomic E-state index is 0.155. The van der Waals surface area contributed by atoms with Crippen LogP contribution in [0.2, 0.25) is 0 Å². The van der Waals surface area contributed by atoms with Crippen LogP contribution < -0.4 is 0 Å². The van der Waals surface area contributed by atoms with Crippen LogP contribution in [0.4, 0.5) is 4.39 Å². The molecule has 3 rings (SSSR count). The van der Waals surface area contributed by atoms with Gasteiger partial charge in [-0.1, -0.05) is 24.3 Å². The lowest BCUT2D eigenvalue weighted by Gasteiger charge is -2.25. The molecule has 0 N–H and O–H groups in total. The summed E-state index contributed by atoms with van der Waals surface area (Å²) in [6.45, 7) is 4.19. The van der Waals surface area contributed by atoms with Crippen LogP contribution in [0.15, 0.2) is 47.4 Å². The standard InChI is InChI=1S/C21H27FN2O2S/c1-15-6-5-7-20(22)18(15)12-24-13-19(21(14-24)23(2)3)16-8-10-17(11-9-16)27(4,25)26/h5-11,19,21H,12-14H2,1-4H3/t19-,21+/m1/s1. The van der Waals surface area contributed by atoms with Crippen molar-refractivity contribution >= 4 is 9.84 Å². The maximum atomic E-state index is 14.2. The maximum Gasteiger partial charge on any atom is 0.175 e. The van der Waals surface area contributed by atoms with Gasteiger partial charge < -0.3 is 4.90 Å². The van der Waals surface area contributed by atoms with Crippen molar-refractivity contribution in [2.45, 2.75) is 30.3 Å². The van der Waals surface area contributed by atoms with Gasteiger partial charge >= 0.3 is 0 Å². The molecule has 0 amide bonds. The van der Waals surface area contributed by atoms with Gasteiger partial charge in [0, 0.05) is 43.4 Å². The lowest BCUT2D eigenvalue weighted by Crippen LogP contribution is -2.34. The van der Waals surface area contributed by atoms with Crippen LogP contribution in [0.25, 0.3) is 0 Å². The minimum Gasteiger partial charge on any atom is -0.305 e. The summed E-state index contributed by atoms with van der Waals surface area (Å²) in [6, 6.07) is 12.7. The average molecular weight is 391 g/mol. The highest BCUT2D eigenvalue weighted by Gasteiger charge is 2.35. The minimum atomic E-state index is -3.20. The van der Waals surface area contributed by atoms with E-state index in [1.807, 2.05) is 25.1 Å². The molecule has 1 fully saturated rings. The zero-order valence-electron chi connectivity index (χ0n) is 16.3. The number of sulfone groups is 1. The molecular weight excluding hydrogens is 363 g/mol. The van der Waals surface area contributed by atoms with Gasteiger partial charge in [0.1, 0.15) is 5.82 Å². The Labute approximate surface area is 161 Å². The van der Waals surface area contributed by atoms with Crippen molar-refractivity contribution in [3.8, 4) is 0 Å². The number of hydrogen-bond donors (Lipinski definition) is 0. The number of hydrogen-bond acceptors (Lipinski definition) is 4. The molecular formula is C21H27FN2O2S. The highest BCUT2D eigenvalue weighted by atomic mass is 32.2. The number of benzene rings is 2. The summed E-state index contributed by atoms with van der Waals surface area (Å²) in [5.41, 5.74) is 2.84. The highest BCUT2D eigenvalue weighted by Crippen LogP contribution is 2.32. The molecule has 2 aromatic carbocycles. The molecule has 0 aliphatic carbocycles. The number of aryl methyl sites for hydroxylation is 1. The zero-order valence-corrected chi connectivity index (χ0v) is 17.1. The van der Waals surface area contributed by atoms with Gasteiger partial charge in [0.15, 0.2) is 9.84 Å². The van der Waals surface area contributed by atoms with E-state index in [0.717, 1.165) is 29.8 Å². The van der Waals surface area contributed by atoms with Crippen LogP contribution in [0.1, 0.15) is 22.6 Å².